The van der Waals surface area contributed by atoms with Crippen molar-refractivity contribution in [2.24, 2.45) is 0 Å². The Bertz CT molecular complexity index is 1060. The summed E-state index contributed by atoms with van der Waals surface area (Å²) in [4.78, 5) is 41.3. The first-order valence-electron chi connectivity index (χ1n) is 12.0. The van der Waals surface area contributed by atoms with E-state index in [0.29, 0.717) is 23.5 Å². The minimum absolute atomic E-state index is 0.339. The molecule has 3 rings (SSSR count). The molecule has 35 heavy (non-hydrogen) atoms. The van der Waals surface area contributed by atoms with Crippen molar-refractivity contribution in [2.45, 2.75) is 78.6 Å². The Kier molecular flexibility index (Phi) is 8.38. The molecule has 0 bridgehead atoms. The average molecular weight is 501 g/mol. The molecule has 1 amide bonds. The molecular formula is C27H36N2O5S. The van der Waals surface area contributed by atoms with Crippen molar-refractivity contribution in [3.63, 3.8) is 0 Å². The van der Waals surface area contributed by atoms with Gasteiger partial charge in [-0.15, -0.1) is 11.3 Å². The number of fused-ring (bicyclic) bond motifs is 1. The van der Waals surface area contributed by atoms with E-state index in [1.54, 1.807) is 41.5 Å². The number of anilines is 1. The van der Waals surface area contributed by atoms with Gasteiger partial charge in [-0.2, -0.15) is 0 Å². The van der Waals surface area contributed by atoms with E-state index < -0.39 is 29.0 Å². The number of hydrogen-bond donors (Lipinski definition) is 1. The van der Waals surface area contributed by atoms with Crippen LogP contribution in [-0.2, 0) is 38.4 Å². The lowest BCUT2D eigenvalue weighted by atomic mass is 10.0. The molecule has 0 saturated heterocycles. The Hall–Kier alpha value is -2.71. The molecule has 7 nitrogen and oxygen atoms in total. The van der Waals surface area contributed by atoms with Gasteiger partial charge in [0, 0.05) is 18.0 Å². The van der Waals surface area contributed by atoms with E-state index in [0.717, 1.165) is 36.4 Å². The van der Waals surface area contributed by atoms with Gasteiger partial charge < -0.3 is 14.8 Å². The minimum atomic E-state index is -0.985. The van der Waals surface area contributed by atoms with E-state index in [2.05, 4.69) is 34.5 Å². The summed E-state index contributed by atoms with van der Waals surface area (Å²) in [6.07, 6.45) is 2.72. The van der Waals surface area contributed by atoms with Crippen LogP contribution in [0.5, 0.6) is 0 Å². The van der Waals surface area contributed by atoms with Gasteiger partial charge in [-0.05, 0) is 78.5 Å². The Morgan fingerprint density at radius 2 is 1.66 bits per heavy atom. The lowest BCUT2D eigenvalue weighted by Crippen LogP contribution is -2.33. The summed E-state index contributed by atoms with van der Waals surface area (Å²) < 4.78 is 10.8. The number of nitrogens with zero attached hydrogens (tertiary/aromatic N) is 1. The van der Waals surface area contributed by atoms with Gasteiger partial charge in [-0.1, -0.05) is 30.3 Å². The number of hydrogen-bond acceptors (Lipinski definition) is 7. The monoisotopic (exact) mass is 500 g/mol. The molecular weight excluding hydrogens is 464 g/mol. The predicted molar refractivity (Wildman–Crippen MR) is 138 cm³/mol. The van der Waals surface area contributed by atoms with Crippen LogP contribution in [0.4, 0.5) is 5.00 Å². The van der Waals surface area contributed by atoms with Gasteiger partial charge in [0.25, 0.3) is 0 Å². The van der Waals surface area contributed by atoms with E-state index in [1.165, 1.54) is 16.9 Å². The smallest absolute Gasteiger partial charge is 0.397 e. The number of carbonyl (C=O) groups excluding carboxylic acids is 3. The molecule has 1 aliphatic heterocycles. The fraction of sp³-hybridized carbons (Fsp3) is 0.519. The zero-order chi connectivity index (χ0) is 25.8. The predicted octanol–water partition coefficient (Wildman–Crippen LogP) is 4.97. The van der Waals surface area contributed by atoms with Crippen LogP contribution in [0, 0.1) is 0 Å². The van der Waals surface area contributed by atoms with Crippen molar-refractivity contribution in [1.82, 2.24) is 4.90 Å². The number of carbonyl (C=O) groups is 3. The van der Waals surface area contributed by atoms with E-state index in [9.17, 15) is 14.4 Å². The van der Waals surface area contributed by atoms with Crippen LogP contribution in [0.15, 0.2) is 30.3 Å². The van der Waals surface area contributed by atoms with Crippen molar-refractivity contribution in [3.8, 4) is 0 Å². The highest BCUT2D eigenvalue weighted by atomic mass is 32.1. The highest BCUT2D eigenvalue weighted by Crippen LogP contribution is 2.38. The van der Waals surface area contributed by atoms with E-state index in [-0.39, 0.29) is 0 Å². The molecule has 0 unspecified atom stereocenters. The van der Waals surface area contributed by atoms with E-state index in [4.69, 9.17) is 9.47 Å². The summed E-state index contributed by atoms with van der Waals surface area (Å²) in [5, 5.41) is 2.96. The molecule has 0 fully saturated rings. The quantitative estimate of drug-likeness (QED) is 0.445. The van der Waals surface area contributed by atoms with Crippen LogP contribution >= 0.6 is 11.3 Å². The number of aryl methyl sites for hydroxylation is 1. The maximum Gasteiger partial charge on any atom is 0.397 e. The molecule has 1 aliphatic rings. The zero-order valence-electron chi connectivity index (χ0n) is 21.5. The minimum Gasteiger partial charge on any atom is -0.456 e. The van der Waals surface area contributed by atoms with E-state index in [1.807, 2.05) is 6.07 Å². The third kappa shape index (κ3) is 7.90. The van der Waals surface area contributed by atoms with Crippen molar-refractivity contribution in [3.05, 3.63) is 51.9 Å². The molecule has 1 aromatic heterocycles. The summed E-state index contributed by atoms with van der Waals surface area (Å²) >= 11 is 1.33. The number of amides is 1. The molecule has 8 heteroatoms. The summed E-state index contributed by atoms with van der Waals surface area (Å²) in [6, 6.07) is 10.4. The van der Waals surface area contributed by atoms with Crippen molar-refractivity contribution >= 4 is 34.2 Å². The number of esters is 2. The Labute approximate surface area is 211 Å². The van der Waals surface area contributed by atoms with Crippen LogP contribution < -0.4 is 5.32 Å². The van der Waals surface area contributed by atoms with Crippen LogP contribution in [0.3, 0.4) is 0 Å². The average Bonchev–Trinajstić information content (AvgIpc) is 3.09. The summed E-state index contributed by atoms with van der Waals surface area (Å²) in [5.41, 5.74) is 1.08. The maximum atomic E-state index is 13.1. The Balaban J connectivity index is 1.76. The van der Waals surface area contributed by atoms with Gasteiger partial charge in [0.1, 0.15) is 16.2 Å². The largest absolute Gasteiger partial charge is 0.456 e. The molecule has 0 saturated carbocycles. The third-order valence-corrected chi connectivity index (χ3v) is 6.47. The number of benzene rings is 1. The van der Waals surface area contributed by atoms with Crippen LogP contribution in [0.25, 0.3) is 0 Å². The number of thiophene rings is 1. The van der Waals surface area contributed by atoms with Crippen molar-refractivity contribution in [1.29, 1.82) is 0 Å². The standard InChI is InChI=1S/C27H36N2O5S/c1-26(2,3)33-24(31)21-19-14-16-29(15-10-13-18-11-8-7-9-12-18)17-20(19)35-23(21)28-22(30)25(32)34-27(4,5)6/h7-9,11-12H,10,13-17H2,1-6H3,(H,28,30). The first-order valence-corrected chi connectivity index (χ1v) is 12.8. The molecule has 0 aliphatic carbocycles. The summed E-state index contributed by atoms with van der Waals surface area (Å²) in [6.45, 7) is 12.9. The topological polar surface area (TPSA) is 84.9 Å². The van der Waals surface area contributed by atoms with Gasteiger partial charge in [-0.25, -0.2) is 9.59 Å². The van der Waals surface area contributed by atoms with Gasteiger partial charge in [0.2, 0.25) is 0 Å². The molecule has 2 heterocycles. The lowest BCUT2D eigenvalue weighted by molar-refractivity contribution is -0.161. The Morgan fingerprint density at radius 1 is 1.00 bits per heavy atom. The summed E-state index contributed by atoms with van der Waals surface area (Å²) in [5.74, 6) is -2.38. The second-order valence-electron chi connectivity index (χ2n) is 10.8. The second kappa shape index (κ2) is 10.9. The lowest BCUT2D eigenvalue weighted by Gasteiger charge is -2.27. The number of ether oxygens (including phenoxy) is 2. The highest BCUT2D eigenvalue weighted by molar-refractivity contribution is 7.17. The highest BCUT2D eigenvalue weighted by Gasteiger charge is 2.33. The Morgan fingerprint density at radius 3 is 2.29 bits per heavy atom. The normalized spacial score (nSPS) is 14.2. The zero-order valence-corrected chi connectivity index (χ0v) is 22.3. The van der Waals surface area contributed by atoms with Gasteiger partial charge in [0.05, 0.1) is 5.56 Å². The fourth-order valence-corrected chi connectivity index (χ4v) is 5.18. The van der Waals surface area contributed by atoms with Crippen molar-refractivity contribution < 1.29 is 23.9 Å². The van der Waals surface area contributed by atoms with E-state index >= 15 is 0 Å². The van der Waals surface area contributed by atoms with Gasteiger partial charge in [0.15, 0.2) is 0 Å². The summed E-state index contributed by atoms with van der Waals surface area (Å²) in [7, 11) is 0. The van der Waals surface area contributed by atoms with Crippen LogP contribution in [-0.4, -0.2) is 47.0 Å². The molecule has 1 N–H and O–H groups in total. The number of nitrogens with one attached hydrogen (secondary N) is 1. The SMILES string of the molecule is CC(C)(C)OC(=O)C(=O)Nc1sc2c(c1C(=O)OC(C)(C)C)CCN(CCCc1ccccc1)C2. The first kappa shape index (κ1) is 26.9. The van der Waals surface area contributed by atoms with Crippen LogP contribution in [0.2, 0.25) is 0 Å². The molecule has 0 radical (unpaired) electrons. The fourth-order valence-electron chi connectivity index (χ4n) is 3.91. The van der Waals surface area contributed by atoms with Crippen LogP contribution in [0.1, 0.15) is 74.3 Å². The molecule has 190 valence electrons. The van der Waals surface area contributed by atoms with Crippen molar-refractivity contribution in [2.75, 3.05) is 18.4 Å². The number of rotatable bonds is 6. The molecule has 0 atom stereocenters. The second-order valence-corrected chi connectivity index (χ2v) is 11.9. The van der Waals surface area contributed by atoms with Gasteiger partial charge in [-0.3, -0.25) is 9.69 Å². The maximum absolute atomic E-state index is 13.1. The van der Waals surface area contributed by atoms with Gasteiger partial charge >= 0.3 is 17.8 Å². The molecule has 0 spiro atoms. The first-order chi connectivity index (χ1) is 16.3. The molecule has 2 aromatic rings. The third-order valence-electron chi connectivity index (χ3n) is 5.33. The molecule has 1 aromatic carbocycles.